The Morgan fingerprint density at radius 1 is 1.19 bits per heavy atom. The molecule has 1 aliphatic rings. The van der Waals surface area contributed by atoms with Crippen molar-refractivity contribution in [2.75, 3.05) is 18.0 Å². The van der Waals surface area contributed by atoms with Crippen LogP contribution in [0.3, 0.4) is 0 Å². The molecule has 3 rings (SSSR count). The van der Waals surface area contributed by atoms with E-state index in [2.05, 4.69) is 14.9 Å². The van der Waals surface area contributed by atoms with Gasteiger partial charge in [-0.2, -0.15) is 4.98 Å². The van der Waals surface area contributed by atoms with E-state index >= 15 is 0 Å². The Balaban J connectivity index is 1.93. The minimum atomic E-state index is -0.537. The van der Waals surface area contributed by atoms with Gasteiger partial charge in [-0.25, -0.2) is 14.6 Å². The summed E-state index contributed by atoms with van der Waals surface area (Å²) in [4.78, 5) is 37.4. The van der Waals surface area contributed by atoms with Crippen LogP contribution in [-0.4, -0.2) is 60.9 Å². The predicted molar refractivity (Wildman–Crippen MR) is 103 cm³/mol. The fraction of sp³-hybridized carbons (Fsp3) is 0.667. The first-order valence-corrected chi connectivity index (χ1v) is 9.14. The zero-order valence-electron chi connectivity index (χ0n) is 17.1. The monoisotopic (exact) mass is 376 g/mol. The van der Waals surface area contributed by atoms with Gasteiger partial charge in [0.1, 0.15) is 16.8 Å². The maximum Gasteiger partial charge on any atom is 0.410 e. The van der Waals surface area contributed by atoms with Crippen LogP contribution in [-0.2, 0) is 18.8 Å². The summed E-state index contributed by atoms with van der Waals surface area (Å²) in [6.07, 6.45) is 1.36. The van der Waals surface area contributed by atoms with Gasteiger partial charge in [0.25, 0.3) is 0 Å². The van der Waals surface area contributed by atoms with Crippen molar-refractivity contribution in [1.82, 2.24) is 24.0 Å². The van der Waals surface area contributed by atoms with Crippen molar-refractivity contribution in [3.63, 3.8) is 0 Å². The van der Waals surface area contributed by atoms with Crippen molar-refractivity contribution >= 4 is 23.1 Å². The molecule has 27 heavy (non-hydrogen) atoms. The first kappa shape index (κ1) is 19.2. The summed E-state index contributed by atoms with van der Waals surface area (Å²) < 4.78 is 8.84. The molecule has 0 bridgehead atoms. The highest BCUT2D eigenvalue weighted by Gasteiger charge is 2.36. The number of aromatic nitrogens is 4. The van der Waals surface area contributed by atoms with E-state index in [1.165, 1.54) is 4.57 Å². The van der Waals surface area contributed by atoms with E-state index in [-0.39, 0.29) is 23.9 Å². The van der Waals surface area contributed by atoms with Gasteiger partial charge in [0.05, 0.1) is 6.33 Å². The second-order valence-corrected chi connectivity index (χ2v) is 8.29. The summed E-state index contributed by atoms with van der Waals surface area (Å²) in [6.45, 7) is 10.6. The van der Waals surface area contributed by atoms with E-state index < -0.39 is 5.60 Å². The van der Waals surface area contributed by atoms with E-state index in [4.69, 9.17) is 4.74 Å². The van der Waals surface area contributed by atoms with Crippen molar-refractivity contribution in [3.05, 3.63) is 16.8 Å². The van der Waals surface area contributed by atoms with Crippen LogP contribution >= 0.6 is 0 Å². The minimum Gasteiger partial charge on any atom is -0.444 e. The number of amides is 1. The highest BCUT2D eigenvalue weighted by molar-refractivity contribution is 5.84. The molecule has 0 unspecified atom stereocenters. The second-order valence-electron chi connectivity index (χ2n) is 8.29. The largest absolute Gasteiger partial charge is 0.444 e. The van der Waals surface area contributed by atoms with Gasteiger partial charge < -0.3 is 19.1 Å². The van der Waals surface area contributed by atoms with Gasteiger partial charge in [0.2, 0.25) is 0 Å². The van der Waals surface area contributed by atoms with Crippen LogP contribution in [0.25, 0.3) is 11.2 Å². The maximum absolute atomic E-state index is 12.5. The summed E-state index contributed by atoms with van der Waals surface area (Å²) in [5.41, 5.74) is 0.545. The summed E-state index contributed by atoms with van der Waals surface area (Å²) in [6, 6.07) is -0.112. The lowest BCUT2D eigenvalue weighted by atomic mass is 10.1. The number of rotatable bonds is 1. The topological polar surface area (TPSA) is 85.5 Å². The van der Waals surface area contributed by atoms with Gasteiger partial charge in [0.15, 0.2) is 5.82 Å². The molecular weight excluding hydrogens is 348 g/mol. The molecule has 2 atom stereocenters. The number of hydrogen-bond donors (Lipinski definition) is 0. The molecule has 0 aromatic carbocycles. The van der Waals surface area contributed by atoms with Crippen LogP contribution in [0.2, 0.25) is 0 Å². The molecule has 0 N–H and O–H groups in total. The molecule has 0 spiro atoms. The lowest BCUT2D eigenvalue weighted by Crippen LogP contribution is -2.59. The molecule has 1 fully saturated rings. The number of aryl methyl sites for hydroxylation is 2. The molecule has 9 heteroatoms. The average molecular weight is 376 g/mol. The quantitative estimate of drug-likeness (QED) is 0.750. The maximum atomic E-state index is 12.5. The highest BCUT2D eigenvalue weighted by Crippen LogP contribution is 2.27. The van der Waals surface area contributed by atoms with Crippen molar-refractivity contribution in [3.8, 4) is 0 Å². The van der Waals surface area contributed by atoms with E-state index in [0.717, 1.165) is 5.65 Å². The Bertz CT molecular complexity index is 926. The van der Waals surface area contributed by atoms with Gasteiger partial charge >= 0.3 is 11.8 Å². The van der Waals surface area contributed by atoms with Crippen LogP contribution in [0.1, 0.15) is 34.6 Å². The zero-order valence-corrected chi connectivity index (χ0v) is 17.1. The summed E-state index contributed by atoms with van der Waals surface area (Å²) >= 11 is 0. The standard InChI is InChI=1S/C18H28N6O3/c1-11-9-24(17(26)27-18(3,4)5)12(2)8-23(11)14-13-15(21(6)10-19-13)22(7)16(25)20-14/h10-12H,8-9H2,1-7H3/t11-,12+/m0/s1. The van der Waals surface area contributed by atoms with E-state index in [9.17, 15) is 9.59 Å². The molecule has 1 aliphatic heterocycles. The van der Waals surface area contributed by atoms with Crippen molar-refractivity contribution < 1.29 is 9.53 Å². The molecule has 2 aromatic rings. The lowest BCUT2D eigenvalue weighted by Gasteiger charge is -2.44. The number of anilines is 1. The third-order valence-electron chi connectivity index (χ3n) is 4.81. The zero-order chi connectivity index (χ0) is 20.1. The van der Waals surface area contributed by atoms with Crippen LogP contribution in [0.5, 0.6) is 0 Å². The number of carbonyl (C=O) groups is 1. The van der Waals surface area contributed by atoms with Crippen LogP contribution in [0.15, 0.2) is 11.1 Å². The normalized spacial score (nSPS) is 21.0. The van der Waals surface area contributed by atoms with Crippen LogP contribution < -0.4 is 10.6 Å². The van der Waals surface area contributed by atoms with Gasteiger partial charge in [-0.1, -0.05) is 0 Å². The third kappa shape index (κ3) is 3.50. The number of carbonyl (C=O) groups excluding carboxylic acids is 1. The van der Waals surface area contributed by atoms with Gasteiger partial charge in [0, 0.05) is 39.3 Å². The van der Waals surface area contributed by atoms with Crippen LogP contribution in [0, 0.1) is 0 Å². The lowest BCUT2D eigenvalue weighted by molar-refractivity contribution is 0.0130. The van der Waals surface area contributed by atoms with Crippen molar-refractivity contribution in [1.29, 1.82) is 0 Å². The highest BCUT2D eigenvalue weighted by atomic mass is 16.6. The molecule has 0 radical (unpaired) electrons. The number of ether oxygens (including phenoxy) is 1. The van der Waals surface area contributed by atoms with E-state index in [0.29, 0.717) is 24.4 Å². The SMILES string of the molecule is C[C@@H]1CN(c2nc(=O)n(C)c3c2ncn3C)[C@@H](C)CN1C(=O)OC(C)(C)C. The number of nitrogens with zero attached hydrogens (tertiary/aromatic N) is 6. The van der Waals surface area contributed by atoms with E-state index in [1.807, 2.05) is 46.2 Å². The molecular formula is C18H28N6O3. The summed E-state index contributed by atoms with van der Waals surface area (Å²) in [5.74, 6) is 0.567. The molecule has 148 valence electrons. The third-order valence-corrected chi connectivity index (χ3v) is 4.81. The Labute approximate surface area is 158 Å². The summed E-state index contributed by atoms with van der Waals surface area (Å²) in [5, 5.41) is 0. The van der Waals surface area contributed by atoms with Gasteiger partial charge in [-0.15, -0.1) is 0 Å². The second kappa shape index (κ2) is 6.54. The predicted octanol–water partition coefficient (Wildman–Crippen LogP) is 1.50. The minimum absolute atomic E-state index is 0.0291. The van der Waals surface area contributed by atoms with Gasteiger partial charge in [-0.05, 0) is 34.6 Å². The Kier molecular flexibility index (Phi) is 4.65. The van der Waals surface area contributed by atoms with Crippen molar-refractivity contribution in [2.45, 2.75) is 52.3 Å². The molecule has 9 nitrogen and oxygen atoms in total. The fourth-order valence-corrected chi connectivity index (χ4v) is 3.48. The number of hydrogen-bond acceptors (Lipinski definition) is 6. The first-order chi connectivity index (χ1) is 12.5. The molecule has 2 aromatic heterocycles. The smallest absolute Gasteiger partial charge is 0.410 e. The number of imidazole rings is 1. The van der Waals surface area contributed by atoms with E-state index in [1.54, 1.807) is 18.3 Å². The Hall–Kier alpha value is -2.58. The number of piperazine rings is 1. The molecule has 0 aliphatic carbocycles. The molecule has 0 saturated carbocycles. The first-order valence-electron chi connectivity index (χ1n) is 9.14. The number of fused-ring (bicyclic) bond motifs is 1. The Morgan fingerprint density at radius 3 is 2.48 bits per heavy atom. The van der Waals surface area contributed by atoms with Crippen LogP contribution in [0.4, 0.5) is 10.6 Å². The fourth-order valence-electron chi connectivity index (χ4n) is 3.48. The average Bonchev–Trinajstić information content (AvgIpc) is 2.93. The Morgan fingerprint density at radius 2 is 1.85 bits per heavy atom. The summed E-state index contributed by atoms with van der Waals surface area (Å²) in [7, 11) is 3.54. The van der Waals surface area contributed by atoms with Crippen molar-refractivity contribution in [2.24, 2.45) is 14.1 Å². The molecule has 3 heterocycles. The molecule has 1 saturated heterocycles. The van der Waals surface area contributed by atoms with Gasteiger partial charge in [-0.3, -0.25) is 4.57 Å². The molecule has 1 amide bonds.